The third kappa shape index (κ3) is 3.30. The van der Waals surface area contributed by atoms with Crippen LogP contribution in [0.3, 0.4) is 0 Å². The predicted octanol–water partition coefficient (Wildman–Crippen LogP) is 3.06. The van der Waals surface area contributed by atoms with Gasteiger partial charge in [0.2, 0.25) is 0 Å². The molecule has 0 aliphatic rings. The van der Waals surface area contributed by atoms with Gasteiger partial charge < -0.3 is 5.32 Å². The second kappa shape index (κ2) is 7.00. The molecule has 0 saturated heterocycles. The van der Waals surface area contributed by atoms with E-state index in [4.69, 9.17) is 11.6 Å². The fourth-order valence-electron chi connectivity index (χ4n) is 2.70. The quantitative estimate of drug-likeness (QED) is 0.588. The van der Waals surface area contributed by atoms with Crippen LogP contribution in [0.25, 0.3) is 11.4 Å². The number of halogens is 1. The first-order valence-electron chi connectivity index (χ1n) is 8.09. The second-order valence-corrected chi connectivity index (χ2v) is 6.12. The van der Waals surface area contributed by atoms with Crippen molar-refractivity contribution in [3.05, 3.63) is 77.3 Å². The molecule has 0 bridgehead atoms. The number of anilines is 1. The number of para-hydroxylation sites is 1. The van der Waals surface area contributed by atoms with Crippen LogP contribution in [-0.4, -0.2) is 35.9 Å². The Labute approximate surface area is 159 Å². The lowest BCUT2D eigenvalue weighted by Gasteiger charge is -2.07. The van der Waals surface area contributed by atoms with Gasteiger partial charge in [-0.15, -0.1) is 5.10 Å². The molecule has 27 heavy (non-hydrogen) atoms. The van der Waals surface area contributed by atoms with Crippen LogP contribution in [0.4, 0.5) is 5.69 Å². The zero-order chi connectivity index (χ0) is 18.8. The molecule has 2 aromatic carbocycles. The number of aromatic nitrogens is 6. The number of rotatable bonds is 4. The molecular formula is C18H14ClN7O. The van der Waals surface area contributed by atoms with Crippen LogP contribution in [-0.2, 0) is 0 Å². The monoisotopic (exact) mass is 379 g/mol. The molecule has 9 heteroatoms. The summed E-state index contributed by atoms with van der Waals surface area (Å²) in [7, 11) is 0. The maximum atomic E-state index is 12.8. The zero-order valence-corrected chi connectivity index (χ0v) is 15.0. The van der Waals surface area contributed by atoms with Crippen molar-refractivity contribution in [2.75, 3.05) is 5.32 Å². The number of benzene rings is 2. The molecule has 2 heterocycles. The molecule has 2 aromatic heterocycles. The van der Waals surface area contributed by atoms with Crippen molar-refractivity contribution < 1.29 is 4.79 Å². The lowest BCUT2D eigenvalue weighted by molar-refractivity contribution is 0.102. The van der Waals surface area contributed by atoms with Crippen molar-refractivity contribution in [2.45, 2.75) is 6.92 Å². The normalized spacial score (nSPS) is 10.7. The molecule has 0 saturated carbocycles. The third-order valence-corrected chi connectivity index (χ3v) is 4.30. The van der Waals surface area contributed by atoms with Crippen LogP contribution in [0.5, 0.6) is 0 Å². The summed E-state index contributed by atoms with van der Waals surface area (Å²) in [5.74, 6) is -0.339. The van der Waals surface area contributed by atoms with E-state index >= 15 is 0 Å². The van der Waals surface area contributed by atoms with Gasteiger partial charge in [0.25, 0.3) is 5.91 Å². The molecule has 0 atom stereocenters. The first-order valence-corrected chi connectivity index (χ1v) is 8.46. The van der Waals surface area contributed by atoms with Gasteiger partial charge >= 0.3 is 0 Å². The number of hydrogen-bond donors (Lipinski definition) is 1. The summed E-state index contributed by atoms with van der Waals surface area (Å²) in [5.41, 5.74) is 2.97. The van der Waals surface area contributed by atoms with E-state index in [0.717, 1.165) is 11.4 Å². The number of tetrazole rings is 1. The van der Waals surface area contributed by atoms with E-state index in [-0.39, 0.29) is 11.1 Å². The Morgan fingerprint density at radius 3 is 2.59 bits per heavy atom. The van der Waals surface area contributed by atoms with Gasteiger partial charge in [0, 0.05) is 5.69 Å². The van der Waals surface area contributed by atoms with E-state index in [1.165, 1.54) is 11.0 Å². The van der Waals surface area contributed by atoms with Gasteiger partial charge in [-0.25, -0.2) is 9.36 Å². The SMILES string of the molecule is Cc1nn(-c2ccccc2)c(Cl)c1C(=O)Nc1cccc(-n2cnnn2)c1. The van der Waals surface area contributed by atoms with Crippen molar-refractivity contribution in [2.24, 2.45) is 0 Å². The van der Waals surface area contributed by atoms with E-state index < -0.39 is 0 Å². The van der Waals surface area contributed by atoms with Gasteiger partial charge in [0.1, 0.15) is 17.0 Å². The second-order valence-electron chi connectivity index (χ2n) is 5.76. The summed E-state index contributed by atoms with van der Waals surface area (Å²) in [4.78, 5) is 12.8. The highest BCUT2D eigenvalue weighted by Gasteiger charge is 2.21. The molecule has 4 rings (SSSR count). The molecular weight excluding hydrogens is 366 g/mol. The predicted molar refractivity (Wildman–Crippen MR) is 100 cm³/mol. The van der Waals surface area contributed by atoms with Crippen LogP contribution in [0.1, 0.15) is 16.1 Å². The molecule has 1 N–H and O–H groups in total. The number of nitrogens with one attached hydrogen (secondary N) is 1. The van der Waals surface area contributed by atoms with Crippen molar-refractivity contribution >= 4 is 23.2 Å². The molecule has 0 unspecified atom stereocenters. The number of carbonyl (C=O) groups excluding carboxylic acids is 1. The Balaban J connectivity index is 1.63. The maximum absolute atomic E-state index is 12.8. The fraction of sp³-hybridized carbons (Fsp3) is 0.0556. The Morgan fingerprint density at radius 1 is 1.07 bits per heavy atom. The Kier molecular flexibility index (Phi) is 4.39. The molecule has 0 radical (unpaired) electrons. The summed E-state index contributed by atoms with van der Waals surface area (Å²) in [6.45, 7) is 1.75. The maximum Gasteiger partial charge on any atom is 0.260 e. The molecule has 0 aliphatic heterocycles. The van der Waals surface area contributed by atoms with E-state index in [1.807, 2.05) is 36.4 Å². The first-order chi connectivity index (χ1) is 13.1. The van der Waals surface area contributed by atoms with Gasteiger partial charge in [0.15, 0.2) is 0 Å². The first kappa shape index (κ1) is 16.9. The summed E-state index contributed by atoms with van der Waals surface area (Å²) < 4.78 is 3.05. The zero-order valence-electron chi connectivity index (χ0n) is 14.2. The van der Waals surface area contributed by atoms with E-state index in [2.05, 4.69) is 25.9 Å². The standard InChI is InChI=1S/C18H14ClN7O/c1-12-16(17(19)26(22-12)14-7-3-2-4-8-14)18(27)21-13-6-5-9-15(10-13)25-11-20-23-24-25/h2-11H,1H3,(H,21,27). The topological polar surface area (TPSA) is 90.5 Å². The number of carbonyl (C=O) groups is 1. The minimum atomic E-state index is -0.339. The van der Waals surface area contributed by atoms with Crippen molar-refractivity contribution in [1.82, 2.24) is 30.0 Å². The van der Waals surface area contributed by atoms with Crippen molar-refractivity contribution in [3.63, 3.8) is 0 Å². The third-order valence-electron chi connectivity index (χ3n) is 3.95. The van der Waals surface area contributed by atoms with Crippen LogP contribution in [0.15, 0.2) is 60.9 Å². The molecule has 1 amide bonds. The average molecular weight is 380 g/mol. The molecule has 8 nitrogen and oxygen atoms in total. The number of nitrogens with zero attached hydrogens (tertiary/aromatic N) is 6. The van der Waals surface area contributed by atoms with Gasteiger partial charge in [-0.1, -0.05) is 35.9 Å². The van der Waals surface area contributed by atoms with Gasteiger partial charge in [0.05, 0.1) is 17.1 Å². The minimum Gasteiger partial charge on any atom is -0.322 e. The highest BCUT2D eigenvalue weighted by molar-refractivity contribution is 6.34. The van der Waals surface area contributed by atoms with E-state index in [1.54, 1.807) is 29.8 Å². The number of hydrogen-bond acceptors (Lipinski definition) is 5. The van der Waals surface area contributed by atoms with E-state index in [0.29, 0.717) is 16.9 Å². The molecule has 0 fully saturated rings. The smallest absolute Gasteiger partial charge is 0.260 e. The molecule has 0 aliphatic carbocycles. The summed E-state index contributed by atoms with van der Waals surface area (Å²) in [6, 6.07) is 16.6. The number of amides is 1. The van der Waals surface area contributed by atoms with E-state index in [9.17, 15) is 4.79 Å². The number of aryl methyl sites for hydroxylation is 1. The Morgan fingerprint density at radius 2 is 1.85 bits per heavy atom. The molecule has 134 valence electrons. The Hall–Kier alpha value is -3.52. The summed E-state index contributed by atoms with van der Waals surface area (Å²) >= 11 is 6.45. The van der Waals surface area contributed by atoms with Gasteiger partial charge in [-0.2, -0.15) is 5.10 Å². The minimum absolute atomic E-state index is 0.257. The van der Waals surface area contributed by atoms with Gasteiger partial charge in [-0.05, 0) is 47.7 Å². The molecule has 4 aromatic rings. The fourth-order valence-corrected chi connectivity index (χ4v) is 3.05. The highest BCUT2D eigenvalue weighted by Crippen LogP contribution is 2.25. The van der Waals surface area contributed by atoms with Gasteiger partial charge in [-0.3, -0.25) is 4.79 Å². The van der Waals surface area contributed by atoms with Crippen LogP contribution >= 0.6 is 11.6 Å². The van der Waals surface area contributed by atoms with Crippen LogP contribution < -0.4 is 5.32 Å². The average Bonchev–Trinajstić information content (AvgIpc) is 3.31. The Bertz CT molecular complexity index is 1090. The van der Waals surface area contributed by atoms with Crippen LogP contribution in [0, 0.1) is 6.92 Å². The van der Waals surface area contributed by atoms with Crippen molar-refractivity contribution in [3.8, 4) is 11.4 Å². The van der Waals surface area contributed by atoms with Crippen molar-refractivity contribution in [1.29, 1.82) is 0 Å². The van der Waals surface area contributed by atoms with Crippen LogP contribution in [0.2, 0.25) is 5.15 Å². The summed E-state index contributed by atoms with van der Waals surface area (Å²) in [5, 5.41) is 18.6. The summed E-state index contributed by atoms with van der Waals surface area (Å²) in [6.07, 6.45) is 1.48. The lowest BCUT2D eigenvalue weighted by atomic mass is 10.2. The molecule has 0 spiro atoms. The lowest BCUT2D eigenvalue weighted by Crippen LogP contribution is -2.13. The largest absolute Gasteiger partial charge is 0.322 e. The highest BCUT2D eigenvalue weighted by atomic mass is 35.5.